The topological polar surface area (TPSA) is 44.1 Å². The molecule has 4 nitrogen and oxygen atoms in total. The van der Waals surface area contributed by atoms with Crippen LogP contribution in [0.4, 0.5) is 0 Å². The summed E-state index contributed by atoms with van der Waals surface area (Å²) in [6.45, 7) is 0. The second-order valence-electron chi connectivity index (χ2n) is 3.44. The molecule has 0 bridgehead atoms. The third kappa shape index (κ3) is 2.14. The van der Waals surface area contributed by atoms with Gasteiger partial charge in [0, 0.05) is 19.7 Å². The van der Waals surface area contributed by atoms with Crippen LogP contribution in [0.3, 0.4) is 0 Å². The van der Waals surface area contributed by atoms with Gasteiger partial charge in [-0.2, -0.15) is 5.10 Å². The van der Waals surface area contributed by atoms with Gasteiger partial charge in [-0.3, -0.25) is 9.48 Å². The molecule has 0 N–H and O–H groups in total. The first kappa shape index (κ1) is 10.9. The van der Waals surface area contributed by atoms with Crippen molar-refractivity contribution in [3.63, 3.8) is 0 Å². The largest absolute Gasteiger partial charge is 0.495 e. The fourth-order valence-corrected chi connectivity index (χ4v) is 2.29. The van der Waals surface area contributed by atoms with Crippen LogP contribution in [-0.2, 0) is 13.5 Å². The summed E-state index contributed by atoms with van der Waals surface area (Å²) in [5, 5.41) is 5.89. The van der Waals surface area contributed by atoms with E-state index in [2.05, 4.69) is 5.10 Å². The van der Waals surface area contributed by atoms with Crippen LogP contribution in [0.15, 0.2) is 23.8 Å². The van der Waals surface area contributed by atoms with Crippen LogP contribution in [0.2, 0.25) is 0 Å². The summed E-state index contributed by atoms with van der Waals surface area (Å²) in [5.41, 5.74) is 0.919. The van der Waals surface area contributed by atoms with Gasteiger partial charge in [-0.25, -0.2) is 0 Å². The highest BCUT2D eigenvalue weighted by atomic mass is 32.1. The van der Waals surface area contributed by atoms with Gasteiger partial charge >= 0.3 is 0 Å². The molecule has 0 aliphatic heterocycles. The van der Waals surface area contributed by atoms with Crippen LogP contribution in [0.5, 0.6) is 5.75 Å². The number of aryl methyl sites for hydroxylation is 1. The number of ketones is 1. The van der Waals surface area contributed by atoms with E-state index in [1.54, 1.807) is 24.1 Å². The molecule has 16 heavy (non-hydrogen) atoms. The zero-order chi connectivity index (χ0) is 11.5. The van der Waals surface area contributed by atoms with E-state index in [0.29, 0.717) is 17.0 Å². The molecule has 2 aromatic rings. The molecule has 0 unspecified atom stereocenters. The lowest BCUT2D eigenvalue weighted by Gasteiger charge is -2.00. The average Bonchev–Trinajstić information content (AvgIpc) is 2.86. The quantitative estimate of drug-likeness (QED) is 0.762. The third-order valence-corrected chi connectivity index (χ3v) is 3.16. The van der Waals surface area contributed by atoms with Gasteiger partial charge in [0.25, 0.3) is 0 Å². The molecular formula is C11H12N2O2S. The molecule has 2 aromatic heterocycles. The second kappa shape index (κ2) is 4.49. The maximum Gasteiger partial charge on any atom is 0.181 e. The van der Waals surface area contributed by atoms with Gasteiger partial charge in [0.2, 0.25) is 0 Å². The van der Waals surface area contributed by atoms with E-state index in [9.17, 15) is 4.79 Å². The number of Topliss-reactive ketones (excluding diaryl/α,β-unsaturated/α-hetero) is 1. The second-order valence-corrected chi connectivity index (χ2v) is 4.36. The van der Waals surface area contributed by atoms with Crippen molar-refractivity contribution in [1.82, 2.24) is 9.78 Å². The van der Waals surface area contributed by atoms with E-state index in [1.165, 1.54) is 11.3 Å². The van der Waals surface area contributed by atoms with Gasteiger partial charge < -0.3 is 4.74 Å². The number of carbonyl (C=O) groups is 1. The maximum atomic E-state index is 12.0. The lowest BCUT2D eigenvalue weighted by molar-refractivity contribution is 0.0994. The van der Waals surface area contributed by atoms with Gasteiger partial charge in [0.15, 0.2) is 5.78 Å². The first-order chi connectivity index (χ1) is 7.70. The summed E-state index contributed by atoms with van der Waals surface area (Å²) in [7, 11) is 3.41. The standard InChI is InChI=1S/C11H12N2O2S/c1-13-7-8(6-12-13)5-9(14)11-10(15-2)3-4-16-11/h3-4,6-7H,5H2,1-2H3. The Balaban J connectivity index is 2.14. The summed E-state index contributed by atoms with van der Waals surface area (Å²) >= 11 is 1.41. The third-order valence-electron chi connectivity index (χ3n) is 2.23. The van der Waals surface area contributed by atoms with E-state index in [-0.39, 0.29) is 5.78 Å². The van der Waals surface area contributed by atoms with Crippen molar-refractivity contribution < 1.29 is 9.53 Å². The van der Waals surface area contributed by atoms with Crippen molar-refractivity contribution in [1.29, 1.82) is 0 Å². The van der Waals surface area contributed by atoms with Crippen molar-refractivity contribution in [3.8, 4) is 5.75 Å². The summed E-state index contributed by atoms with van der Waals surface area (Å²) in [6.07, 6.45) is 3.92. The predicted molar refractivity (Wildman–Crippen MR) is 62.1 cm³/mol. The van der Waals surface area contributed by atoms with Gasteiger partial charge in [0.05, 0.1) is 13.3 Å². The molecule has 2 heterocycles. The number of thiophene rings is 1. The number of hydrogen-bond acceptors (Lipinski definition) is 4. The molecule has 0 amide bonds. The molecule has 0 atom stereocenters. The predicted octanol–water partition coefficient (Wildman–Crippen LogP) is 1.92. The van der Waals surface area contributed by atoms with Gasteiger partial charge in [-0.05, 0) is 17.0 Å². The Labute approximate surface area is 97.5 Å². The molecule has 0 radical (unpaired) electrons. The smallest absolute Gasteiger partial charge is 0.181 e. The maximum absolute atomic E-state index is 12.0. The molecule has 0 aliphatic rings. The van der Waals surface area contributed by atoms with E-state index < -0.39 is 0 Å². The monoisotopic (exact) mass is 236 g/mol. The summed E-state index contributed by atoms with van der Waals surface area (Å²) in [5.74, 6) is 0.721. The van der Waals surface area contributed by atoms with E-state index >= 15 is 0 Å². The van der Waals surface area contributed by atoms with Crippen LogP contribution in [0.1, 0.15) is 15.2 Å². The highest BCUT2D eigenvalue weighted by molar-refractivity contribution is 7.12. The Morgan fingerprint density at radius 3 is 3.06 bits per heavy atom. The van der Waals surface area contributed by atoms with Gasteiger partial charge in [0.1, 0.15) is 10.6 Å². The number of aromatic nitrogens is 2. The number of ether oxygens (including phenoxy) is 1. The SMILES string of the molecule is COc1ccsc1C(=O)Cc1cnn(C)c1. The molecule has 0 aliphatic carbocycles. The Morgan fingerprint density at radius 2 is 2.44 bits per heavy atom. The van der Waals surface area contributed by atoms with Crippen molar-refractivity contribution in [3.05, 3.63) is 34.3 Å². The minimum Gasteiger partial charge on any atom is -0.495 e. The normalized spacial score (nSPS) is 10.4. The van der Waals surface area contributed by atoms with Crippen LogP contribution >= 0.6 is 11.3 Å². The van der Waals surface area contributed by atoms with Crippen LogP contribution in [0, 0.1) is 0 Å². The van der Waals surface area contributed by atoms with E-state index in [1.807, 2.05) is 18.6 Å². The molecule has 0 saturated carbocycles. The van der Waals surface area contributed by atoms with Crippen LogP contribution in [0.25, 0.3) is 0 Å². The summed E-state index contributed by atoms with van der Waals surface area (Å²) < 4.78 is 6.81. The number of rotatable bonds is 4. The molecule has 0 aromatic carbocycles. The summed E-state index contributed by atoms with van der Waals surface area (Å²) in [4.78, 5) is 12.6. The average molecular weight is 236 g/mol. The van der Waals surface area contributed by atoms with Crippen LogP contribution < -0.4 is 4.74 Å². The Kier molecular flexibility index (Phi) is 3.05. The minimum absolute atomic E-state index is 0.0693. The molecule has 0 saturated heterocycles. The number of nitrogens with zero attached hydrogens (tertiary/aromatic N) is 2. The number of methoxy groups -OCH3 is 1. The minimum atomic E-state index is 0.0693. The van der Waals surface area contributed by atoms with E-state index in [4.69, 9.17) is 4.74 Å². The fourth-order valence-electron chi connectivity index (χ4n) is 1.49. The Morgan fingerprint density at radius 1 is 1.62 bits per heavy atom. The first-order valence-corrected chi connectivity index (χ1v) is 5.71. The van der Waals surface area contributed by atoms with Crippen molar-refractivity contribution in [2.24, 2.45) is 7.05 Å². The molecular weight excluding hydrogens is 224 g/mol. The van der Waals surface area contributed by atoms with Crippen molar-refractivity contribution in [2.45, 2.75) is 6.42 Å². The molecule has 2 rings (SSSR count). The molecule has 5 heteroatoms. The van der Waals surface area contributed by atoms with Gasteiger partial charge in [-0.1, -0.05) is 0 Å². The lowest BCUT2D eigenvalue weighted by Crippen LogP contribution is -2.02. The summed E-state index contributed by atoms with van der Waals surface area (Å²) in [6, 6.07) is 1.81. The zero-order valence-corrected chi connectivity index (χ0v) is 9.95. The van der Waals surface area contributed by atoms with Gasteiger partial charge in [-0.15, -0.1) is 11.3 Å². The van der Waals surface area contributed by atoms with Crippen LogP contribution in [-0.4, -0.2) is 22.7 Å². The van der Waals surface area contributed by atoms with E-state index in [0.717, 1.165) is 5.56 Å². The lowest BCUT2D eigenvalue weighted by atomic mass is 10.1. The van der Waals surface area contributed by atoms with Crippen molar-refractivity contribution in [2.75, 3.05) is 7.11 Å². The number of carbonyl (C=O) groups excluding carboxylic acids is 1. The Hall–Kier alpha value is -1.62. The highest BCUT2D eigenvalue weighted by Gasteiger charge is 2.14. The fraction of sp³-hybridized carbons (Fsp3) is 0.273. The molecule has 0 spiro atoms. The first-order valence-electron chi connectivity index (χ1n) is 4.83. The molecule has 84 valence electrons. The Bertz CT molecular complexity index is 502. The van der Waals surface area contributed by atoms with Crippen molar-refractivity contribution >= 4 is 17.1 Å². The number of hydrogen-bond donors (Lipinski definition) is 0. The molecule has 0 fully saturated rings. The highest BCUT2D eigenvalue weighted by Crippen LogP contribution is 2.25. The zero-order valence-electron chi connectivity index (χ0n) is 9.14.